The average molecular weight is 171 g/mol. The summed E-state index contributed by atoms with van der Waals surface area (Å²) in [7, 11) is -2.12. The van der Waals surface area contributed by atoms with E-state index in [1.807, 2.05) is 19.1 Å². The molecule has 1 aliphatic heterocycles. The molecule has 3 heteroatoms. The Bertz CT molecular complexity index is 249. The van der Waals surface area contributed by atoms with E-state index in [2.05, 4.69) is 4.99 Å². The van der Waals surface area contributed by atoms with Gasteiger partial charge in [0.2, 0.25) is 0 Å². The normalized spacial score (nSPS) is 25.0. The van der Waals surface area contributed by atoms with Crippen LogP contribution in [-0.4, -0.2) is 24.8 Å². The molecular weight excluding hydrogens is 157 g/mol. The zero-order valence-electron chi connectivity index (χ0n) is 7.24. The summed E-state index contributed by atoms with van der Waals surface area (Å²) in [5.41, 5.74) is 0.788. The van der Waals surface area contributed by atoms with Gasteiger partial charge in [0, 0.05) is 0 Å². The first kappa shape index (κ1) is 8.73. The topological polar surface area (TPSA) is 29.4 Å². The summed E-state index contributed by atoms with van der Waals surface area (Å²) in [5, 5.41) is 0. The van der Waals surface area contributed by atoms with Crippen molar-refractivity contribution in [1.82, 2.24) is 0 Å². The number of hydrogen-bond donors (Lipinski definition) is 0. The Kier molecular flexibility index (Phi) is 2.34. The molecule has 0 aromatic carbocycles. The molecule has 1 aliphatic rings. The molecular formula is C8H14NOP. The third kappa shape index (κ3) is 2.30. The van der Waals surface area contributed by atoms with Crippen molar-refractivity contribution in [3.05, 3.63) is 12.2 Å². The van der Waals surface area contributed by atoms with Crippen molar-refractivity contribution in [2.45, 2.75) is 19.4 Å². The van der Waals surface area contributed by atoms with Crippen LogP contribution in [0.1, 0.15) is 13.3 Å². The number of rotatable bonds is 1. The Balaban J connectivity index is 2.89. The SMILES string of the molecule is CC1CC=CC(P(C)(C)=O)=N1. The summed E-state index contributed by atoms with van der Waals surface area (Å²) in [5.74, 6) is 0. The Labute approximate surface area is 67.8 Å². The fourth-order valence-electron chi connectivity index (χ4n) is 1.01. The predicted octanol–water partition coefficient (Wildman–Crippen LogP) is 2.36. The second-order valence-corrected chi connectivity index (χ2v) is 6.49. The largest absolute Gasteiger partial charge is 0.318 e. The summed E-state index contributed by atoms with van der Waals surface area (Å²) < 4.78 is 11.5. The van der Waals surface area contributed by atoms with Crippen molar-refractivity contribution in [3.8, 4) is 0 Å². The van der Waals surface area contributed by atoms with Crippen molar-refractivity contribution in [3.63, 3.8) is 0 Å². The van der Waals surface area contributed by atoms with Crippen LogP contribution in [0.25, 0.3) is 0 Å². The van der Waals surface area contributed by atoms with Crippen LogP contribution in [0.4, 0.5) is 0 Å². The lowest BCUT2D eigenvalue weighted by Crippen LogP contribution is -2.07. The fraction of sp³-hybridized carbons (Fsp3) is 0.625. The minimum Gasteiger partial charge on any atom is -0.318 e. The first-order valence-electron chi connectivity index (χ1n) is 3.80. The summed E-state index contributed by atoms with van der Waals surface area (Å²) in [6, 6.07) is 0.309. The summed E-state index contributed by atoms with van der Waals surface area (Å²) in [6.45, 7) is 5.56. The van der Waals surface area contributed by atoms with E-state index in [4.69, 9.17) is 0 Å². The van der Waals surface area contributed by atoms with Crippen molar-refractivity contribution in [2.75, 3.05) is 13.3 Å². The van der Waals surface area contributed by atoms with E-state index in [9.17, 15) is 4.57 Å². The van der Waals surface area contributed by atoms with Gasteiger partial charge in [0.05, 0.1) is 11.5 Å². The van der Waals surface area contributed by atoms with E-state index in [1.165, 1.54) is 0 Å². The fourth-order valence-corrected chi connectivity index (χ4v) is 1.95. The van der Waals surface area contributed by atoms with Gasteiger partial charge in [0.15, 0.2) is 0 Å². The lowest BCUT2D eigenvalue weighted by molar-refractivity contribution is 0.589. The molecule has 1 unspecified atom stereocenters. The maximum Gasteiger partial charge on any atom is 0.126 e. The van der Waals surface area contributed by atoms with Crippen LogP contribution in [0.15, 0.2) is 17.1 Å². The van der Waals surface area contributed by atoms with Crippen LogP contribution in [0.5, 0.6) is 0 Å². The van der Waals surface area contributed by atoms with E-state index in [0.29, 0.717) is 6.04 Å². The van der Waals surface area contributed by atoms with Crippen LogP contribution < -0.4 is 0 Å². The van der Waals surface area contributed by atoms with Crippen LogP contribution in [0.3, 0.4) is 0 Å². The van der Waals surface area contributed by atoms with Crippen molar-refractivity contribution >= 4 is 12.6 Å². The highest BCUT2D eigenvalue weighted by Gasteiger charge is 2.16. The molecule has 1 atom stereocenters. The van der Waals surface area contributed by atoms with Gasteiger partial charge in [-0.25, -0.2) is 0 Å². The third-order valence-corrected chi connectivity index (χ3v) is 3.02. The van der Waals surface area contributed by atoms with Crippen LogP contribution in [-0.2, 0) is 4.57 Å². The molecule has 1 heterocycles. The number of dihydropyridines is 1. The van der Waals surface area contributed by atoms with Gasteiger partial charge in [-0.3, -0.25) is 4.99 Å². The molecule has 0 N–H and O–H groups in total. The summed E-state index contributed by atoms with van der Waals surface area (Å²) in [4.78, 5) is 4.32. The molecule has 0 spiro atoms. The second-order valence-electron chi connectivity index (χ2n) is 3.33. The van der Waals surface area contributed by atoms with Gasteiger partial charge in [-0.15, -0.1) is 0 Å². The van der Waals surface area contributed by atoms with E-state index in [1.54, 1.807) is 13.3 Å². The van der Waals surface area contributed by atoms with Gasteiger partial charge >= 0.3 is 0 Å². The lowest BCUT2D eigenvalue weighted by atomic mass is 10.2. The monoisotopic (exact) mass is 171 g/mol. The van der Waals surface area contributed by atoms with Gasteiger partial charge in [0.25, 0.3) is 0 Å². The summed E-state index contributed by atoms with van der Waals surface area (Å²) in [6.07, 6.45) is 4.91. The highest BCUT2D eigenvalue weighted by atomic mass is 31.2. The standard InChI is InChI=1S/C8H14NOP/c1-7-5-4-6-8(9-7)11(2,3)10/h4,6-7H,5H2,1-3H3. The molecule has 62 valence electrons. The molecule has 1 rings (SSSR count). The van der Waals surface area contributed by atoms with Gasteiger partial charge in [-0.1, -0.05) is 6.08 Å². The lowest BCUT2D eigenvalue weighted by Gasteiger charge is -2.14. The van der Waals surface area contributed by atoms with E-state index in [0.717, 1.165) is 11.9 Å². The van der Waals surface area contributed by atoms with Crippen molar-refractivity contribution in [1.29, 1.82) is 0 Å². The first-order chi connectivity index (χ1) is 5.00. The number of nitrogens with zero attached hydrogens (tertiary/aromatic N) is 1. The molecule has 0 amide bonds. The highest BCUT2D eigenvalue weighted by Crippen LogP contribution is 2.40. The van der Waals surface area contributed by atoms with E-state index >= 15 is 0 Å². The zero-order chi connectivity index (χ0) is 8.48. The first-order valence-corrected chi connectivity index (χ1v) is 6.40. The van der Waals surface area contributed by atoms with E-state index in [-0.39, 0.29) is 0 Å². The number of aliphatic imine (C=N–C) groups is 1. The van der Waals surface area contributed by atoms with Crippen LogP contribution in [0.2, 0.25) is 0 Å². The average Bonchev–Trinajstić information content (AvgIpc) is 1.86. The smallest absolute Gasteiger partial charge is 0.126 e. The van der Waals surface area contributed by atoms with Crippen molar-refractivity contribution in [2.24, 2.45) is 4.99 Å². The van der Waals surface area contributed by atoms with Crippen LogP contribution in [0, 0.1) is 0 Å². The van der Waals surface area contributed by atoms with Gasteiger partial charge < -0.3 is 4.57 Å². The van der Waals surface area contributed by atoms with Crippen LogP contribution >= 0.6 is 7.14 Å². The Hall–Kier alpha value is -0.360. The maximum atomic E-state index is 11.5. The Morgan fingerprint density at radius 3 is 2.64 bits per heavy atom. The molecule has 0 radical (unpaired) electrons. The molecule has 0 saturated heterocycles. The molecule has 0 aromatic heterocycles. The van der Waals surface area contributed by atoms with Gasteiger partial charge in [-0.2, -0.15) is 0 Å². The molecule has 0 bridgehead atoms. The minimum absolute atomic E-state index is 0.309. The zero-order valence-corrected chi connectivity index (χ0v) is 8.14. The van der Waals surface area contributed by atoms with Gasteiger partial charge in [-0.05, 0) is 32.8 Å². The quantitative estimate of drug-likeness (QED) is 0.557. The predicted molar refractivity (Wildman–Crippen MR) is 50.1 cm³/mol. The second kappa shape index (κ2) is 2.94. The van der Waals surface area contributed by atoms with Gasteiger partial charge in [0.1, 0.15) is 7.14 Å². The third-order valence-electron chi connectivity index (χ3n) is 1.65. The van der Waals surface area contributed by atoms with E-state index < -0.39 is 7.14 Å². The minimum atomic E-state index is -2.12. The van der Waals surface area contributed by atoms with Crippen molar-refractivity contribution < 1.29 is 4.57 Å². The Morgan fingerprint density at radius 1 is 1.64 bits per heavy atom. The number of hydrogen-bond acceptors (Lipinski definition) is 2. The summed E-state index contributed by atoms with van der Waals surface area (Å²) >= 11 is 0. The highest BCUT2D eigenvalue weighted by molar-refractivity contribution is 7.80. The Morgan fingerprint density at radius 2 is 2.27 bits per heavy atom. The molecule has 0 fully saturated rings. The molecule has 0 saturated carbocycles. The molecule has 2 nitrogen and oxygen atoms in total. The molecule has 0 aliphatic carbocycles. The molecule has 11 heavy (non-hydrogen) atoms. The number of allylic oxidation sites excluding steroid dienone is 1. The molecule has 0 aromatic rings. The maximum absolute atomic E-state index is 11.5.